The zero-order chi connectivity index (χ0) is 14.7. The van der Waals surface area contributed by atoms with Gasteiger partial charge in [0.05, 0.1) is 11.4 Å². The predicted molar refractivity (Wildman–Crippen MR) is 89.4 cm³/mol. The van der Waals surface area contributed by atoms with Crippen molar-refractivity contribution in [2.45, 2.75) is 13.0 Å². The number of aryl methyl sites for hydroxylation is 1. The van der Waals surface area contributed by atoms with Gasteiger partial charge in [-0.3, -0.25) is 4.79 Å². The van der Waals surface area contributed by atoms with E-state index in [2.05, 4.69) is 52.2 Å². The van der Waals surface area contributed by atoms with Crippen molar-refractivity contribution >= 4 is 41.6 Å². The number of hydrogen-bond acceptors (Lipinski definition) is 2. The van der Waals surface area contributed by atoms with Gasteiger partial charge < -0.3 is 9.88 Å². The zero-order valence-corrected chi connectivity index (χ0v) is 12.5. The number of carbonyl (C=O) groups excluding carboxylic acids is 1. The van der Waals surface area contributed by atoms with E-state index in [4.69, 9.17) is 0 Å². The molecule has 1 aromatic carbocycles. The Balaban J connectivity index is 1.84. The molecule has 1 aliphatic rings. The molecule has 1 heterocycles. The Kier molecular flexibility index (Phi) is 4.03. The van der Waals surface area contributed by atoms with Crippen LogP contribution in [0, 0.1) is 0 Å². The molecule has 0 saturated heterocycles. The van der Waals surface area contributed by atoms with E-state index in [0.29, 0.717) is 6.54 Å². The summed E-state index contributed by atoms with van der Waals surface area (Å²) >= 11 is 3.95. The van der Waals surface area contributed by atoms with Crippen molar-refractivity contribution in [1.29, 1.82) is 0 Å². The molecule has 106 valence electrons. The molecular formula is C17H16N2OS. The minimum Gasteiger partial charge on any atom is -0.355 e. The summed E-state index contributed by atoms with van der Waals surface area (Å²) < 4.78 is 2.28. The number of benzene rings is 1. The Bertz CT molecular complexity index is 790. The van der Waals surface area contributed by atoms with Crippen molar-refractivity contribution in [3.8, 4) is 0 Å². The van der Waals surface area contributed by atoms with Crippen molar-refractivity contribution in [3.63, 3.8) is 0 Å². The number of amides is 1. The molecule has 0 fully saturated rings. The minimum absolute atomic E-state index is 0.0245. The van der Waals surface area contributed by atoms with Crippen LogP contribution in [-0.4, -0.2) is 22.8 Å². The number of thiol groups is 1. The van der Waals surface area contributed by atoms with Crippen LogP contribution in [0.2, 0.25) is 0 Å². The third kappa shape index (κ3) is 2.70. The van der Waals surface area contributed by atoms with Gasteiger partial charge in [0, 0.05) is 35.6 Å². The van der Waals surface area contributed by atoms with Crippen LogP contribution in [0.1, 0.15) is 17.7 Å². The predicted octanol–water partition coefficient (Wildman–Crippen LogP) is 2.87. The SMILES string of the molecule is O=C(CS)NCCCn1c2c(c3ccccc31)C=C=C=C2. The van der Waals surface area contributed by atoms with Crippen LogP contribution >= 0.6 is 12.6 Å². The van der Waals surface area contributed by atoms with Crippen LogP contribution in [0.4, 0.5) is 0 Å². The molecule has 1 aromatic heterocycles. The number of carbonyl (C=O) groups is 1. The topological polar surface area (TPSA) is 34.0 Å². The van der Waals surface area contributed by atoms with Crippen molar-refractivity contribution in [2.24, 2.45) is 0 Å². The third-order valence-corrected chi connectivity index (χ3v) is 3.87. The molecule has 0 bridgehead atoms. The summed E-state index contributed by atoms with van der Waals surface area (Å²) in [6.45, 7) is 1.52. The van der Waals surface area contributed by atoms with Gasteiger partial charge in [-0.25, -0.2) is 0 Å². The molecule has 2 aromatic rings. The van der Waals surface area contributed by atoms with E-state index >= 15 is 0 Å². The normalized spacial score (nSPS) is 11.9. The van der Waals surface area contributed by atoms with Crippen LogP contribution in [0.15, 0.2) is 35.7 Å². The van der Waals surface area contributed by atoms with Gasteiger partial charge >= 0.3 is 0 Å². The second kappa shape index (κ2) is 6.11. The number of para-hydroxylation sites is 1. The van der Waals surface area contributed by atoms with Gasteiger partial charge in [-0.05, 0) is 18.6 Å². The van der Waals surface area contributed by atoms with Crippen molar-refractivity contribution in [3.05, 3.63) is 47.0 Å². The first kappa shape index (κ1) is 13.8. The van der Waals surface area contributed by atoms with Gasteiger partial charge in [-0.2, -0.15) is 12.6 Å². The van der Waals surface area contributed by atoms with Crippen LogP contribution in [0.3, 0.4) is 0 Å². The number of rotatable bonds is 5. The van der Waals surface area contributed by atoms with E-state index in [0.717, 1.165) is 18.7 Å². The maximum atomic E-state index is 11.2. The summed E-state index contributed by atoms with van der Waals surface area (Å²) in [4.78, 5) is 11.2. The highest BCUT2D eigenvalue weighted by Gasteiger charge is 2.13. The lowest BCUT2D eigenvalue weighted by Crippen LogP contribution is -2.26. The second-order valence-electron chi connectivity index (χ2n) is 4.91. The molecule has 1 amide bonds. The molecule has 0 radical (unpaired) electrons. The molecule has 3 nitrogen and oxygen atoms in total. The van der Waals surface area contributed by atoms with Crippen molar-refractivity contribution in [1.82, 2.24) is 9.88 Å². The fourth-order valence-corrected chi connectivity index (χ4v) is 2.75. The largest absolute Gasteiger partial charge is 0.355 e. The Labute approximate surface area is 129 Å². The highest BCUT2D eigenvalue weighted by Crippen LogP contribution is 2.29. The fourth-order valence-electron chi connectivity index (χ4n) is 2.64. The first-order chi connectivity index (χ1) is 10.3. The van der Waals surface area contributed by atoms with Crippen LogP contribution in [0.5, 0.6) is 0 Å². The number of hydrogen-bond donors (Lipinski definition) is 2. The molecule has 0 unspecified atom stereocenters. The maximum absolute atomic E-state index is 11.2. The summed E-state index contributed by atoms with van der Waals surface area (Å²) in [6.07, 6.45) is 4.84. The number of aromatic nitrogens is 1. The molecule has 1 aliphatic carbocycles. The average Bonchev–Trinajstić information content (AvgIpc) is 2.86. The Morgan fingerprint density at radius 1 is 1.24 bits per heavy atom. The Morgan fingerprint density at radius 2 is 2.05 bits per heavy atom. The molecule has 0 saturated carbocycles. The lowest BCUT2D eigenvalue weighted by Gasteiger charge is -2.09. The summed E-state index contributed by atoms with van der Waals surface area (Å²) in [5.41, 5.74) is 9.63. The first-order valence-corrected chi connectivity index (χ1v) is 7.61. The molecular weight excluding hydrogens is 280 g/mol. The fraction of sp³-hybridized carbons (Fsp3) is 0.235. The Morgan fingerprint density at radius 3 is 2.90 bits per heavy atom. The third-order valence-electron chi connectivity index (χ3n) is 3.58. The van der Waals surface area contributed by atoms with Gasteiger partial charge in [-0.15, -0.1) is 0 Å². The first-order valence-electron chi connectivity index (χ1n) is 6.97. The quantitative estimate of drug-likeness (QED) is 0.424. The maximum Gasteiger partial charge on any atom is 0.229 e. The summed E-state index contributed by atoms with van der Waals surface area (Å²) in [6, 6.07) is 8.36. The van der Waals surface area contributed by atoms with Crippen molar-refractivity contribution < 1.29 is 4.79 Å². The monoisotopic (exact) mass is 296 g/mol. The van der Waals surface area contributed by atoms with E-state index in [1.807, 2.05) is 18.2 Å². The van der Waals surface area contributed by atoms with E-state index in [1.54, 1.807) is 0 Å². The van der Waals surface area contributed by atoms with Crippen molar-refractivity contribution in [2.75, 3.05) is 12.3 Å². The van der Waals surface area contributed by atoms with E-state index in [1.165, 1.54) is 16.5 Å². The molecule has 4 heteroatoms. The van der Waals surface area contributed by atoms with Gasteiger partial charge in [0.2, 0.25) is 5.91 Å². The lowest BCUT2D eigenvalue weighted by molar-refractivity contribution is -0.118. The average molecular weight is 296 g/mol. The van der Waals surface area contributed by atoms with E-state index < -0.39 is 0 Å². The standard InChI is InChI=1S/C17H16N2OS/c20-17(12-21)18-10-5-11-19-15-8-3-1-6-13(15)14-7-2-4-9-16(14)19/h1,3,6-9,21H,5,10-12H2,(H,18,20). The number of nitrogens with zero attached hydrogens (tertiary/aromatic N) is 1. The van der Waals surface area contributed by atoms with Gasteiger partial charge in [0.25, 0.3) is 0 Å². The van der Waals surface area contributed by atoms with Crippen LogP contribution in [-0.2, 0) is 11.3 Å². The molecule has 3 rings (SSSR count). The minimum atomic E-state index is -0.0245. The Hall–Kier alpha value is -2.12. The van der Waals surface area contributed by atoms with E-state index in [-0.39, 0.29) is 11.7 Å². The summed E-state index contributed by atoms with van der Waals surface area (Å²) in [5.74, 6) is 0.212. The zero-order valence-electron chi connectivity index (χ0n) is 11.6. The van der Waals surface area contributed by atoms with Crippen LogP contribution in [0.25, 0.3) is 23.1 Å². The highest BCUT2D eigenvalue weighted by atomic mass is 32.1. The van der Waals surface area contributed by atoms with Gasteiger partial charge in [-0.1, -0.05) is 29.7 Å². The molecule has 1 N–H and O–H groups in total. The molecule has 0 aliphatic heterocycles. The summed E-state index contributed by atoms with van der Waals surface area (Å²) in [7, 11) is 0. The van der Waals surface area contributed by atoms with E-state index in [9.17, 15) is 4.79 Å². The highest BCUT2D eigenvalue weighted by molar-refractivity contribution is 7.81. The number of fused-ring (bicyclic) bond motifs is 3. The van der Waals surface area contributed by atoms with Crippen LogP contribution < -0.4 is 5.32 Å². The lowest BCUT2D eigenvalue weighted by atomic mass is 10.1. The van der Waals surface area contributed by atoms with Gasteiger partial charge in [0.1, 0.15) is 0 Å². The van der Waals surface area contributed by atoms with Gasteiger partial charge in [0.15, 0.2) is 0 Å². The molecule has 21 heavy (non-hydrogen) atoms. The molecule has 0 atom stereocenters. The molecule has 0 spiro atoms. The number of nitrogens with one attached hydrogen (secondary N) is 1. The second-order valence-corrected chi connectivity index (χ2v) is 5.22. The smallest absolute Gasteiger partial charge is 0.229 e. The summed E-state index contributed by atoms with van der Waals surface area (Å²) in [5, 5.41) is 4.08.